The summed E-state index contributed by atoms with van der Waals surface area (Å²) in [5, 5.41) is 0.0144. The second kappa shape index (κ2) is 3.02. The monoisotopic (exact) mass is 155 g/mol. The van der Waals surface area contributed by atoms with Crippen LogP contribution in [0.1, 0.15) is 23.6 Å². The zero-order chi connectivity index (χ0) is 7.56. The van der Waals surface area contributed by atoms with Gasteiger partial charge in [-0.15, -0.1) is 11.6 Å². The molecule has 1 aromatic rings. The van der Waals surface area contributed by atoms with Crippen LogP contribution in [0.2, 0.25) is 0 Å². The van der Waals surface area contributed by atoms with Crippen molar-refractivity contribution >= 4 is 11.6 Å². The zero-order valence-corrected chi connectivity index (χ0v) is 6.89. The maximum absolute atomic E-state index is 5.79. The summed E-state index contributed by atoms with van der Waals surface area (Å²) in [7, 11) is 0. The molecular weight excluding hydrogens is 146 g/mol. The van der Waals surface area contributed by atoms with Crippen LogP contribution >= 0.6 is 11.6 Å². The van der Waals surface area contributed by atoms with Gasteiger partial charge >= 0.3 is 0 Å². The van der Waals surface area contributed by atoms with E-state index in [1.165, 1.54) is 5.56 Å². The number of halogens is 1. The molecule has 0 bridgehead atoms. The van der Waals surface area contributed by atoms with Crippen molar-refractivity contribution in [2.75, 3.05) is 0 Å². The van der Waals surface area contributed by atoms with Gasteiger partial charge in [-0.25, -0.2) is 0 Å². The third-order valence-electron chi connectivity index (χ3n) is 1.34. The van der Waals surface area contributed by atoms with Crippen molar-refractivity contribution in [2.24, 2.45) is 0 Å². The second-order valence-corrected chi connectivity index (χ2v) is 3.03. The van der Waals surface area contributed by atoms with Gasteiger partial charge in [0.2, 0.25) is 0 Å². The summed E-state index contributed by atoms with van der Waals surface area (Å²) in [6.07, 6.45) is 1.83. The second-order valence-electron chi connectivity index (χ2n) is 2.38. The van der Waals surface area contributed by atoms with Gasteiger partial charge in [-0.2, -0.15) is 0 Å². The quantitative estimate of drug-likeness (QED) is 0.569. The summed E-state index contributed by atoms with van der Waals surface area (Å²) in [5.41, 5.74) is 2.10. The van der Waals surface area contributed by atoms with E-state index < -0.39 is 0 Å². The van der Waals surface area contributed by atoms with E-state index in [0.29, 0.717) is 0 Å². The molecule has 1 rings (SSSR count). The van der Waals surface area contributed by atoms with Crippen molar-refractivity contribution in [1.29, 1.82) is 0 Å². The van der Waals surface area contributed by atoms with Gasteiger partial charge in [-0.3, -0.25) is 4.98 Å². The van der Waals surface area contributed by atoms with Gasteiger partial charge in [0, 0.05) is 6.20 Å². The average Bonchev–Trinajstić information content (AvgIpc) is 1.88. The lowest BCUT2D eigenvalue weighted by Crippen LogP contribution is -1.88. The number of pyridine rings is 1. The summed E-state index contributed by atoms with van der Waals surface area (Å²) >= 11 is 5.79. The molecule has 0 aliphatic rings. The van der Waals surface area contributed by atoms with Gasteiger partial charge in [0.25, 0.3) is 0 Å². The summed E-state index contributed by atoms with van der Waals surface area (Å²) in [6.45, 7) is 3.93. The number of alkyl halides is 1. The van der Waals surface area contributed by atoms with Crippen LogP contribution in [-0.2, 0) is 0 Å². The highest BCUT2D eigenvalue weighted by molar-refractivity contribution is 6.20. The van der Waals surface area contributed by atoms with E-state index in [1.54, 1.807) is 0 Å². The summed E-state index contributed by atoms with van der Waals surface area (Å²) in [4.78, 5) is 4.15. The molecule has 1 heterocycles. The van der Waals surface area contributed by atoms with E-state index in [1.807, 2.05) is 32.2 Å². The van der Waals surface area contributed by atoms with Crippen LogP contribution in [0.15, 0.2) is 18.3 Å². The Morgan fingerprint density at radius 3 is 2.60 bits per heavy atom. The molecule has 0 saturated carbocycles. The Morgan fingerprint density at radius 2 is 2.20 bits per heavy atom. The number of rotatable bonds is 1. The van der Waals surface area contributed by atoms with Gasteiger partial charge in [0.15, 0.2) is 0 Å². The highest BCUT2D eigenvalue weighted by atomic mass is 35.5. The van der Waals surface area contributed by atoms with Crippen LogP contribution in [0.4, 0.5) is 0 Å². The van der Waals surface area contributed by atoms with Crippen LogP contribution in [0.5, 0.6) is 0 Å². The van der Waals surface area contributed by atoms with Gasteiger partial charge < -0.3 is 0 Å². The summed E-state index contributed by atoms with van der Waals surface area (Å²) in [6, 6.07) is 3.97. The lowest BCUT2D eigenvalue weighted by Gasteiger charge is -2.00. The first kappa shape index (κ1) is 7.55. The molecule has 1 atom stereocenters. The van der Waals surface area contributed by atoms with Crippen molar-refractivity contribution in [1.82, 2.24) is 4.98 Å². The number of nitrogens with zero attached hydrogens (tertiary/aromatic N) is 1. The Balaban J connectivity index is 2.89. The van der Waals surface area contributed by atoms with Crippen LogP contribution in [0.3, 0.4) is 0 Å². The molecule has 0 amide bonds. The molecular formula is C8H10ClN. The molecule has 0 radical (unpaired) electrons. The molecule has 1 nitrogen and oxygen atoms in total. The topological polar surface area (TPSA) is 12.9 Å². The predicted molar refractivity (Wildman–Crippen MR) is 43.2 cm³/mol. The van der Waals surface area contributed by atoms with Gasteiger partial charge in [0.1, 0.15) is 0 Å². The Morgan fingerprint density at radius 1 is 1.50 bits per heavy atom. The van der Waals surface area contributed by atoms with E-state index >= 15 is 0 Å². The van der Waals surface area contributed by atoms with Crippen molar-refractivity contribution in [3.8, 4) is 0 Å². The van der Waals surface area contributed by atoms with Crippen LogP contribution < -0.4 is 0 Å². The molecule has 0 fully saturated rings. The highest BCUT2D eigenvalue weighted by Gasteiger charge is 1.99. The first-order valence-corrected chi connectivity index (χ1v) is 3.70. The molecule has 2 heteroatoms. The minimum atomic E-state index is 0.0144. The molecule has 0 aliphatic heterocycles. The predicted octanol–water partition coefficient (Wildman–Crippen LogP) is 2.69. The minimum absolute atomic E-state index is 0.0144. The Bertz CT molecular complexity index is 203. The van der Waals surface area contributed by atoms with Gasteiger partial charge in [0.05, 0.1) is 11.1 Å². The molecule has 10 heavy (non-hydrogen) atoms. The SMILES string of the molecule is Cc1ccc([C@H](C)Cl)nc1. The van der Waals surface area contributed by atoms with Crippen LogP contribution in [-0.4, -0.2) is 4.98 Å². The Kier molecular flexibility index (Phi) is 2.28. The van der Waals surface area contributed by atoms with E-state index in [4.69, 9.17) is 11.6 Å². The number of hydrogen-bond acceptors (Lipinski definition) is 1. The number of hydrogen-bond donors (Lipinski definition) is 0. The largest absolute Gasteiger partial charge is 0.259 e. The Labute approximate surface area is 66.0 Å². The van der Waals surface area contributed by atoms with E-state index in [0.717, 1.165) is 5.69 Å². The standard InChI is InChI=1S/C8H10ClN/c1-6-3-4-8(7(2)9)10-5-6/h3-5,7H,1-2H3/t7-/m0/s1. The van der Waals surface area contributed by atoms with Crippen LogP contribution in [0, 0.1) is 6.92 Å². The van der Waals surface area contributed by atoms with Gasteiger partial charge in [-0.05, 0) is 25.5 Å². The van der Waals surface area contributed by atoms with Crippen molar-refractivity contribution in [3.05, 3.63) is 29.6 Å². The zero-order valence-electron chi connectivity index (χ0n) is 6.13. The van der Waals surface area contributed by atoms with Crippen molar-refractivity contribution < 1.29 is 0 Å². The molecule has 54 valence electrons. The van der Waals surface area contributed by atoms with E-state index in [9.17, 15) is 0 Å². The maximum Gasteiger partial charge on any atom is 0.0729 e. The highest BCUT2D eigenvalue weighted by Crippen LogP contribution is 2.15. The summed E-state index contributed by atoms with van der Waals surface area (Å²) in [5.74, 6) is 0. The first-order chi connectivity index (χ1) is 4.70. The Hall–Kier alpha value is -0.560. The number of aromatic nitrogens is 1. The van der Waals surface area contributed by atoms with Crippen LogP contribution in [0.25, 0.3) is 0 Å². The fraction of sp³-hybridized carbons (Fsp3) is 0.375. The molecule has 0 saturated heterocycles. The summed E-state index contributed by atoms with van der Waals surface area (Å²) < 4.78 is 0. The third kappa shape index (κ3) is 1.71. The van der Waals surface area contributed by atoms with Gasteiger partial charge in [-0.1, -0.05) is 6.07 Å². The fourth-order valence-electron chi connectivity index (χ4n) is 0.715. The first-order valence-electron chi connectivity index (χ1n) is 3.27. The smallest absolute Gasteiger partial charge is 0.0729 e. The molecule has 0 aromatic carbocycles. The molecule has 1 aromatic heterocycles. The maximum atomic E-state index is 5.79. The fourth-order valence-corrected chi connectivity index (χ4v) is 0.844. The van der Waals surface area contributed by atoms with Crippen molar-refractivity contribution in [3.63, 3.8) is 0 Å². The number of aryl methyl sites for hydroxylation is 1. The third-order valence-corrected chi connectivity index (χ3v) is 1.57. The molecule has 0 N–H and O–H groups in total. The van der Waals surface area contributed by atoms with Crippen molar-refractivity contribution in [2.45, 2.75) is 19.2 Å². The average molecular weight is 156 g/mol. The molecule has 0 spiro atoms. The lowest BCUT2D eigenvalue weighted by atomic mass is 10.2. The minimum Gasteiger partial charge on any atom is -0.259 e. The molecule has 0 unspecified atom stereocenters. The molecule has 0 aliphatic carbocycles. The van der Waals surface area contributed by atoms with E-state index in [2.05, 4.69) is 4.98 Å². The normalized spacial score (nSPS) is 13.1. The van der Waals surface area contributed by atoms with E-state index in [-0.39, 0.29) is 5.38 Å². The lowest BCUT2D eigenvalue weighted by molar-refractivity contribution is 0.989.